The van der Waals surface area contributed by atoms with Gasteiger partial charge in [0.1, 0.15) is 5.60 Å². The van der Waals surface area contributed by atoms with E-state index in [0.717, 1.165) is 49.2 Å². The molecule has 7 heteroatoms. The van der Waals surface area contributed by atoms with Crippen LogP contribution in [0, 0.1) is 0 Å². The van der Waals surface area contributed by atoms with Gasteiger partial charge in [-0.2, -0.15) is 0 Å². The maximum atomic E-state index is 12.2. The minimum absolute atomic E-state index is 0.0393. The summed E-state index contributed by atoms with van der Waals surface area (Å²) in [5, 5.41) is 12.0. The second-order valence-electron chi connectivity index (χ2n) is 9.22. The van der Waals surface area contributed by atoms with Crippen molar-refractivity contribution >= 4 is 27.9 Å². The van der Waals surface area contributed by atoms with E-state index in [0.29, 0.717) is 13.1 Å². The zero-order valence-corrected chi connectivity index (χ0v) is 18.7. The SMILES string of the molecule is CC(C)(C)OC(=O)N1CCN(CCCn2c3cnccc3c3ccc(CO)cc32)CC1. The number of fused-ring (bicyclic) bond motifs is 3. The van der Waals surface area contributed by atoms with Gasteiger partial charge >= 0.3 is 6.09 Å². The molecule has 31 heavy (non-hydrogen) atoms. The zero-order chi connectivity index (χ0) is 22.0. The Balaban J connectivity index is 1.39. The first kappa shape index (κ1) is 21.6. The van der Waals surface area contributed by atoms with Gasteiger partial charge in [-0.25, -0.2) is 4.79 Å². The standard InChI is InChI=1S/C24H32N4O3/c1-24(2,3)31-23(30)27-13-11-26(12-14-27)9-4-10-28-21-15-18(17-29)5-6-19(21)20-7-8-25-16-22(20)28/h5-8,15-16,29H,4,9-14,17H2,1-3H3. The monoisotopic (exact) mass is 424 g/mol. The molecule has 166 valence electrons. The molecule has 0 radical (unpaired) electrons. The van der Waals surface area contributed by atoms with Crippen LogP contribution < -0.4 is 0 Å². The number of nitrogens with zero attached hydrogens (tertiary/aromatic N) is 4. The second-order valence-corrected chi connectivity index (χ2v) is 9.22. The van der Waals surface area contributed by atoms with Crippen LogP contribution in [0.1, 0.15) is 32.8 Å². The quantitative estimate of drug-likeness (QED) is 0.677. The van der Waals surface area contributed by atoms with E-state index >= 15 is 0 Å². The van der Waals surface area contributed by atoms with Crippen LogP contribution in [0.5, 0.6) is 0 Å². The predicted molar refractivity (Wildman–Crippen MR) is 122 cm³/mol. The normalized spacial score (nSPS) is 15.7. The van der Waals surface area contributed by atoms with E-state index in [2.05, 4.69) is 32.7 Å². The van der Waals surface area contributed by atoms with Crippen LogP contribution in [0.2, 0.25) is 0 Å². The van der Waals surface area contributed by atoms with Gasteiger partial charge in [-0.15, -0.1) is 0 Å². The Labute approximate surface area is 183 Å². The molecule has 0 saturated carbocycles. The third kappa shape index (κ3) is 4.83. The van der Waals surface area contributed by atoms with Crippen LogP contribution in [0.3, 0.4) is 0 Å². The Kier molecular flexibility index (Phi) is 6.16. The Bertz CT molecular complexity index is 1060. The van der Waals surface area contributed by atoms with Gasteiger partial charge in [0.25, 0.3) is 0 Å². The number of hydrogen-bond donors (Lipinski definition) is 1. The highest BCUT2D eigenvalue weighted by atomic mass is 16.6. The average Bonchev–Trinajstić information content (AvgIpc) is 3.06. The predicted octanol–water partition coefficient (Wildman–Crippen LogP) is 3.62. The fourth-order valence-corrected chi connectivity index (χ4v) is 4.26. The number of benzene rings is 1. The summed E-state index contributed by atoms with van der Waals surface area (Å²) in [5.41, 5.74) is 2.73. The van der Waals surface area contributed by atoms with Crippen LogP contribution in [-0.2, 0) is 17.9 Å². The van der Waals surface area contributed by atoms with Crippen LogP contribution >= 0.6 is 0 Å². The average molecular weight is 425 g/mol. The molecule has 1 saturated heterocycles. The Hall–Kier alpha value is -2.64. The third-order valence-corrected chi connectivity index (χ3v) is 5.80. The molecule has 1 aliphatic heterocycles. The Morgan fingerprint density at radius 1 is 1.06 bits per heavy atom. The van der Waals surface area contributed by atoms with Crippen molar-refractivity contribution in [2.45, 2.75) is 45.9 Å². The summed E-state index contributed by atoms with van der Waals surface area (Å²) >= 11 is 0. The Morgan fingerprint density at radius 2 is 1.81 bits per heavy atom. The first-order chi connectivity index (χ1) is 14.9. The minimum atomic E-state index is -0.457. The van der Waals surface area contributed by atoms with Crippen molar-refractivity contribution < 1.29 is 14.6 Å². The molecule has 0 unspecified atom stereocenters. The number of rotatable bonds is 5. The summed E-state index contributed by atoms with van der Waals surface area (Å²) < 4.78 is 7.80. The topological polar surface area (TPSA) is 70.8 Å². The number of aliphatic hydroxyl groups excluding tert-OH is 1. The van der Waals surface area contributed by atoms with Gasteiger partial charge in [0.15, 0.2) is 0 Å². The summed E-state index contributed by atoms with van der Waals surface area (Å²) in [5.74, 6) is 0. The summed E-state index contributed by atoms with van der Waals surface area (Å²) in [6, 6.07) is 8.21. The molecular weight excluding hydrogens is 392 g/mol. The molecule has 2 aromatic heterocycles. The largest absolute Gasteiger partial charge is 0.444 e. The zero-order valence-electron chi connectivity index (χ0n) is 18.7. The van der Waals surface area contributed by atoms with Crippen molar-refractivity contribution in [1.29, 1.82) is 0 Å². The van der Waals surface area contributed by atoms with E-state index < -0.39 is 5.60 Å². The molecular formula is C24H32N4O3. The maximum absolute atomic E-state index is 12.2. The molecule has 0 atom stereocenters. The van der Waals surface area contributed by atoms with E-state index in [9.17, 15) is 9.90 Å². The van der Waals surface area contributed by atoms with Crippen LogP contribution in [0.25, 0.3) is 21.8 Å². The molecule has 0 spiro atoms. The van der Waals surface area contributed by atoms with Crippen molar-refractivity contribution in [2.75, 3.05) is 32.7 Å². The number of aliphatic hydroxyl groups is 1. The number of pyridine rings is 1. The molecule has 1 fully saturated rings. The molecule has 1 aromatic carbocycles. The number of amides is 1. The molecule has 1 amide bonds. The van der Waals surface area contributed by atoms with E-state index in [-0.39, 0.29) is 12.7 Å². The first-order valence-corrected chi connectivity index (χ1v) is 11.0. The van der Waals surface area contributed by atoms with Gasteiger partial charge in [-0.1, -0.05) is 12.1 Å². The van der Waals surface area contributed by atoms with E-state index in [1.165, 1.54) is 10.8 Å². The number of hydrogen-bond acceptors (Lipinski definition) is 5. The van der Waals surface area contributed by atoms with Gasteiger partial charge < -0.3 is 19.3 Å². The number of piperazine rings is 1. The molecule has 0 aliphatic carbocycles. The second kappa shape index (κ2) is 8.85. The lowest BCUT2D eigenvalue weighted by molar-refractivity contribution is 0.0144. The number of carbonyl (C=O) groups excluding carboxylic acids is 1. The van der Waals surface area contributed by atoms with Gasteiger partial charge in [0, 0.05) is 55.2 Å². The third-order valence-electron chi connectivity index (χ3n) is 5.80. The molecule has 7 nitrogen and oxygen atoms in total. The van der Waals surface area contributed by atoms with Crippen molar-refractivity contribution in [3.05, 3.63) is 42.2 Å². The summed E-state index contributed by atoms with van der Waals surface area (Å²) in [6.07, 6.45) is 4.54. The van der Waals surface area contributed by atoms with Crippen molar-refractivity contribution in [3.8, 4) is 0 Å². The summed E-state index contributed by atoms with van der Waals surface area (Å²) in [6.45, 7) is 10.7. The van der Waals surface area contributed by atoms with Crippen LogP contribution in [-0.4, -0.2) is 68.9 Å². The maximum Gasteiger partial charge on any atom is 0.410 e. The Morgan fingerprint density at radius 3 is 2.52 bits per heavy atom. The number of aryl methyl sites for hydroxylation is 1. The van der Waals surface area contributed by atoms with Crippen molar-refractivity contribution in [2.24, 2.45) is 0 Å². The molecule has 3 heterocycles. The van der Waals surface area contributed by atoms with E-state index in [1.807, 2.05) is 39.2 Å². The van der Waals surface area contributed by atoms with Crippen molar-refractivity contribution in [3.63, 3.8) is 0 Å². The van der Waals surface area contributed by atoms with E-state index in [1.54, 1.807) is 4.90 Å². The highest BCUT2D eigenvalue weighted by Gasteiger charge is 2.25. The number of aromatic nitrogens is 2. The van der Waals surface area contributed by atoms with Gasteiger partial charge in [0.05, 0.1) is 18.3 Å². The lowest BCUT2D eigenvalue weighted by Gasteiger charge is -2.35. The molecule has 3 aromatic rings. The smallest absolute Gasteiger partial charge is 0.410 e. The lowest BCUT2D eigenvalue weighted by Crippen LogP contribution is -2.50. The van der Waals surface area contributed by atoms with Gasteiger partial charge in [-0.05, 0) is 51.4 Å². The van der Waals surface area contributed by atoms with Crippen LogP contribution in [0.15, 0.2) is 36.7 Å². The summed E-state index contributed by atoms with van der Waals surface area (Å²) in [4.78, 5) is 20.8. The fourth-order valence-electron chi connectivity index (χ4n) is 4.26. The number of ether oxygens (including phenoxy) is 1. The summed E-state index contributed by atoms with van der Waals surface area (Å²) in [7, 11) is 0. The van der Waals surface area contributed by atoms with E-state index in [4.69, 9.17) is 4.74 Å². The minimum Gasteiger partial charge on any atom is -0.444 e. The van der Waals surface area contributed by atoms with Crippen LogP contribution in [0.4, 0.5) is 4.79 Å². The first-order valence-electron chi connectivity index (χ1n) is 11.0. The lowest BCUT2D eigenvalue weighted by atomic mass is 10.1. The molecule has 0 bridgehead atoms. The van der Waals surface area contributed by atoms with Gasteiger partial charge in [0.2, 0.25) is 0 Å². The van der Waals surface area contributed by atoms with Gasteiger partial charge in [-0.3, -0.25) is 9.88 Å². The number of carbonyl (C=O) groups is 1. The molecule has 1 N–H and O–H groups in total. The van der Waals surface area contributed by atoms with Crippen molar-refractivity contribution in [1.82, 2.24) is 19.4 Å². The highest BCUT2D eigenvalue weighted by Crippen LogP contribution is 2.29. The fraction of sp³-hybridized carbons (Fsp3) is 0.500. The highest BCUT2D eigenvalue weighted by molar-refractivity contribution is 6.07. The molecule has 1 aliphatic rings. The molecule has 4 rings (SSSR count).